The van der Waals surface area contributed by atoms with E-state index in [1.807, 2.05) is 0 Å². The van der Waals surface area contributed by atoms with Gasteiger partial charge in [0.1, 0.15) is 5.00 Å². The van der Waals surface area contributed by atoms with Crippen LogP contribution in [0.4, 0.5) is 9.80 Å². The van der Waals surface area contributed by atoms with Crippen molar-refractivity contribution in [3.8, 4) is 0 Å². The van der Waals surface area contributed by atoms with Crippen molar-refractivity contribution in [2.45, 2.75) is 39.2 Å². The number of carbonyl (C=O) groups excluding carboxylic acids is 2. The number of hydrogen-bond donors (Lipinski definition) is 2. The number of primary amides is 1. The molecule has 0 saturated heterocycles. The molecule has 1 aromatic heterocycles. The van der Waals surface area contributed by atoms with Gasteiger partial charge in [0.05, 0.1) is 18.3 Å². The van der Waals surface area contributed by atoms with Crippen LogP contribution in [0.25, 0.3) is 0 Å². The number of ether oxygens (including phenoxy) is 2. The largest absolute Gasteiger partial charge is 0.462 e. The van der Waals surface area contributed by atoms with Crippen LogP contribution >= 0.6 is 11.3 Å². The minimum Gasteiger partial charge on any atom is -0.462 e. The van der Waals surface area contributed by atoms with Crippen molar-refractivity contribution < 1.29 is 19.1 Å². The summed E-state index contributed by atoms with van der Waals surface area (Å²) in [4.78, 5) is 22.2. The zero-order valence-corrected chi connectivity index (χ0v) is 13.4. The number of anilines is 1. The number of nitrogens with two attached hydrogens (primary N) is 1. The predicted molar refractivity (Wildman–Crippen MR) is 82.9 cm³/mol. The van der Waals surface area contributed by atoms with Crippen molar-refractivity contribution in [3.63, 3.8) is 0 Å². The Hall–Kier alpha value is -1.60. The standard InChI is InChI=1S/C9H12N2O3S.C5H10O/c1-3-14-8(12)6-5(2)4-15-7(6)11-9(10)13;1-6-5-3-2-4-5/h4H,3H2,1-2H3,(H3,10,11,13);5H,2-4H2,1H3. The number of methoxy groups -OCH3 is 1. The van der Waals surface area contributed by atoms with Crippen molar-refractivity contribution >= 4 is 28.3 Å². The number of rotatable bonds is 4. The number of urea groups is 1. The average molecular weight is 314 g/mol. The third kappa shape index (κ3) is 5.35. The Kier molecular flexibility index (Phi) is 7.18. The quantitative estimate of drug-likeness (QED) is 0.836. The minimum absolute atomic E-state index is 0.296. The first kappa shape index (κ1) is 17.5. The molecule has 0 unspecified atom stereocenters. The zero-order valence-electron chi connectivity index (χ0n) is 12.6. The van der Waals surface area contributed by atoms with Gasteiger partial charge in [-0.2, -0.15) is 0 Å². The Morgan fingerprint density at radius 2 is 2.14 bits per heavy atom. The molecule has 0 aliphatic heterocycles. The maximum atomic E-state index is 11.5. The number of esters is 1. The van der Waals surface area contributed by atoms with Crippen LogP contribution < -0.4 is 11.1 Å². The van der Waals surface area contributed by atoms with Gasteiger partial charge in [0.15, 0.2) is 0 Å². The Balaban J connectivity index is 0.000000304. The van der Waals surface area contributed by atoms with Crippen LogP contribution in [-0.4, -0.2) is 31.8 Å². The molecule has 6 nitrogen and oxygen atoms in total. The van der Waals surface area contributed by atoms with E-state index in [9.17, 15) is 9.59 Å². The predicted octanol–water partition coefficient (Wildman–Crippen LogP) is 2.91. The summed E-state index contributed by atoms with van der Waals surface area (Å²) >= 11 is 1.25. The van der Waals surface area contributed by atoms with E-state index in [4.69, 9.17) is 15.2 Å². The van der Waals surface area contributed by atoms with Gasteiger partial charge in [0.2, 0.25) is 0 Å². The second kappa shape index (κ2) is 8.63. The van der Waals surface area contributed by atoms with Gasteiger partial charge in [-0.25, -0.2) is 9.59 Å². The summed E-state index contributed by atoms with van der Waals surface area (Å²) in [5.41, 5.74) is 6.12. The molecule has 7 heteroatoms. The maximum absolute atomic E-state index is 11.5. The molecule has 118 valence electrons. The fourth-order valence-electron chi connectivity index (χ4n) is 1.71. The summed E-state index contributed by atoms with van der Waals surface area (Å²) in [6.07, 6.45) is 4.57. The highest BCUT2D eigenvalue weighted by molar-refractivity contribution is 7.15. The number of aryl methyl sites for hydroxylation is 1. The van der Waals surface area contributed by atoms with Crippen molar-refractivity contribution in [2.75, 3.05) is 19.0 Å². The Bertz CT molecular complexity index is 481. The normalized spacial score (nSPS) is 13.7. The molecule has 0 aromatic carbocycles. The van der Waals surface area contributed by atoms with Crippen LogP contribution in [0.5, 0.6) is 0 Å². The Labute approximate surface area is 128 Å². The summed E-state index contributed by atoms with van der Waals surface area (Å²) in [5.74, 6) is -0.444. The summed E-state index contributed by atoms with van der Waals surface area (Å²) in [7, 11) is 1.78. The molecule has 1 aliphatic carbocycles. The van der Waals surface area contributed by atoms with E-state index in [-0.39, 0.29) is 0 Å². The third-order valence-electron chi connectivity index (χ3n) is 3.08. The monoisotopic (exact) mass is 314 g/mol. The van der Waals surface area contributed by atoms with Crippen molar-refractivity contribution in [2.24, 2.45) is 5.73 Å². The molecule has 2 rings (SSSR count). The summed E-state index contributed by atoms with van der Waals surface area (Å²) in [6.45, 7) is 3.79. The van der Waals surface area contributed by atoms with Crippen LogP contribution in [0.15, 0.2) is 5.38 Å². The lowest BCUT2D eigenvalue weighted by Crippen LogP contribution is -2.20. The van der Waals surface area contributed by atoms with Crippen molar-refractivity contribution in [1.29, 1.82) is 0 Å². The number of thiophene rings is 1. The lowest BCUT2D eigenvalue weighted by atomic mass is 9.96. The number of amides is 2. The van der Waals surface area contributed by atoms with Crippen LogP contribution in [-0.2, 0) is 9.47 Å². The van der Waals surface area contributed by atoms with Gasteiger partial charge in [-0.05, 0) is 44.1 Å². The van der Waals surface area contributed by atoms with Crippen molar-refractivity contribution in [3.05, 3.63) is 16.5 Å². The first-order chi connectivity index (χ1) is 9.99. The van der Waals surface area contributed by atoms with Gasteiger partial charge in [0.25, 0.3) is 0 Å². The number of carbonyl (C=O) groups is 2. The topological polar surface area (TPSA) is 90.6 Å². The van der Waals surface area contributed by atoms with E-state index in [0.717, 1.165) is 5.56 Å². The Morgan fingerprint density at radius 3 is 2.52 bits per heavy atom. The van der Waals surface area contributed by atoms with Gasteiger partial charge >= 0.3 is 12.0 Å². The van der Waals surface area contributed by atoms with Crippen molar-refractivity contribution in [1.82, 2.24) is 0 Å². The van der Waals surface area contributed by atoms with Gasteiger partial charge in [-0.3, -0.25) is 5.32 Å². The summed E-state index contributed by atoms with van der Waals surface area (Å²) in [6, 6.07) is -0.692. The van der Waals surface area contributed by atoms with Crippen LogP contribution in [0.1, 0.15) is 42.1 Å². The van der Waals surface area contributed by atoms with Crippen LogP contribution in [0.3, 0.4) is 0 Å². The molecule has 1 aliphatic rings. The van der Waals surface area contributed by atoms with E-state index < -0.39 is 12.0 Å². The fraction of sp³-hybridized carbons (Fsp3) is 0.571. The molecule has 1 saturated carbocycles. The molecule has 0 radical (unpaired) electrons. The first-order valence-corrected chi connectivity index (χ1v) is 7.72. The number of nitrogens with one attached hydrogen (secondary N) is 1. The molecule has 1 heterocycles. The first-order valence-electron chi connectivity index (χ1n) is 6.84. The van der Waals surface area contributed by atoms with Crippen LogP contribution in [0, 0.1) is 6.92 Å². The molecular weight excluding hydrogens is 292 g/mol. The number of hydrogen-bond acceptors (Lipinski definition) is 5. The summed E-state index contributed by atoms with van der Waals surface area (Å²) < 4.78 is 9.85. The SMILES string of the molecule is CCOC(=O)c1c(C)csc1NC(N)=O.COC1CCC1. The molecule has 0 bridgehead atoms. The van der Waals surface area contributed by atoms with Gasteiger partial charge in [0, 0.05) is 7.11 Å². The molecule has 1 fully saturated rings. The lowest BCUT2D eigenvalue weighted by Gasteiger charge is -2.22. The third-order valence-corrected chi connectivity index (χ3v) is 4.09. The highest BCUT2D eigenvalue weighted by Gasteiger charge is 2.18. The van der Waals surface area contributed by atoms with Crippen LogP contribution in [0.2, 0.25) is 0 Å². The Morgan fingerprint density at radius 1 is 1.48 bits per heavy atom. The van der Waals surface area contributed by atoms with Gasteiger partial charge in [-0.1, -0.05) is 0 Å². The average Bonchev–Trinajstić information content (AvgIpc) is 2.69. The molecule has 0 spiro atoms. The fourth-order valence-corrected chi connectivity index (χ4v) is 2.65. The van der Waals surface area contributed by atoms with E-state index >= 15 is 0 Å². The second-order valence-electron chi connectivity index (χ2n) is 4.62. The van der Waals surface area contributed by atoms with Gasteiger partial charge < -0.3 is 15.2 Å². The summed E-state index contributed by atoms with van der Waals surface area (Å²) in [5, 5.41) is 4.58. The zero-order chi connectivity index (χ0) is 15.8. The molecule has 2 amide bonds. The molecule has 21 heavy (non-hydrogen) atoms. The lowest BCUT2D eigenvalue weighted by molar-refractivity contribution is 0.0412. The highest BCUT2D eigenvalue weighted by atomic mass is 32.1. The molecule has 0 atom stereocenters. The highest BCUT2D eigenvalue weighted by Crippen LogP contribution is 2.28. The van der Waals surface area contributed by atoms with E-state index in [1.54, 1.807) is 26.3 Å². The van der Waals surface area contributed by atoms with E-state index in [2.05, 4.69) is 5.32 Å². The van der Waals surface area contributed by atoms with Gasteiger partial charge in [-0.15, -0.1) is 11.3 Å². The minimum atomic E-state index is -0.692. The second-order valence-corrected chi connectivity index (χ2v) is 5.50. The molecule has 1 aromatic rings. The van der Waals surface area contributed by atoms with E-state index in [1.165, 1.54) is 30.6 Å². The smallest absolute Gasteiger partial charge is 0.341 e. The molecule has 3 N–H and O–H groups in total. The van der Waals surface area contributed by atoms with E-state index in [0.29, 0.717) is 23.3 Å². The maximum Gasteiger partial charge on any atom is 0.341 e. The molecular formula is C14H22N2O4S.